The van der Waals surface area contributed by atoms with Gasteiger partial charge in [-0.1, -0.05) is 13.8 Å². The number of nitrogens with zero attached hydrogens (tertiary/aromatic N) is 2. The number of hydrogen-bond acceptors (Lipinski definition) is 3. The van der Waals surface area contributed by atoms with Gasteiger partial charge in [-0.15, -0.1) is 0 Å². The van der Waals surface area contributed by atoms with Crippen LogP contribution in [0.2, 0.25) is 0 Å². The Morgan fingerprint density at radius 1 is 1.31 bits per heavy atom. The van der Waals surface area contributed by atoms with E-state index in [2.05, 4.69) is 24.9 Å². The Kier molecular flexibility index (Phi) is 3.03. The van der Waals surface area contributed by atoms with Crippen molar-refractivity contribution >= 4 is 5.82 Å². The Bertz CT molecular complexity index is 344. The first-order chi connectivity index (χ1) is 7.56. The third-order valence-corrected chi connectivity index (χ3v) is 2.68. The lowest BCUT2D eigenvalue weighted by molar-refractivity contribution is 0.302. The summed E-state index contributed by atoms with van der Waals surface area (Å²) in [6.45, 7) is 4.31. The van der Waals surface area contributed by atoms with E-state index in [0.29, 0.717) is 12.0 Å². The molecule has 1 saturated carbocycles. The molecule has 1 aliphatic rings. The fourth-order valence-corrected chi connectivity index (χ4v) is 1.48. The van der Waals surface area contributed by atoms with Crippen LogP contribution < -0.4 is 9.64 Å². The van der Waals surface area contributed by atoms with Crippen LogP contribution in [0.1, 0.15) is 38.3 Å². The van der Waals surface area contributed by atoms with E-state index in [9.17, 15) is 0 Å². The van der Waals surface area contributed by atoms with E-state index in [4.69, 9.17) is 4.74 Å². The second kappa shape index (κ2) is 4.32. The largest absolute Gasteiger partial charge is 0.490 e. The maximum absolute atomic E-state index is 5.84. The lowest BCUT2D eigenvalue weighted by Crippen LogP contribution is -2.12. The molecular weight excluding hydrogens is 200 g/mol. The summed E-state index contributed by atoms with van der Waals surface area (Å²) in [6.07, 6.45) is 2.82. The molecule has 3 nitrogen and oxygen atoms in total. The third-order valence-electron chi connectivity index (χ3n) is 2.68. The molecule has 0 aliphatic heterocycles. The highest BCUT2D eigenvalue weighted by atomic mass is 16.5. The van der Waals surface area contributed by atoms with Gasteiger partial charge in [0.15, 0.2) is 0 Å². The molecule has 1 aromatic rings. The monoisotopic (exact) mass is 220 g/mol. The molecule has 0 unspecified atom stereocenters. The Balaban J connectivity index is 2.27. The minimum atomic E-state index is 0.432. The number of pyridine rings is 1. The van der Waals surface area contributed by atoms with Gasteiger partial charge in [0.25, 0.3) is 0 Å². The topological polar surface area (TPSA) is 25.4 Å². The van der Waals surface area contributed by atoms with Crippen molar-refractivity contribution in [3.63, 3.8) is 0 Å². The van der Waals surface area contributed by atoms with Gasteiger partial charge < -0.3 is 9.64 Å². The van der Waals surface area contributed by atoms with Crippen molar-refractivity contribution in [1.82, 2.24) is 4.98 Å². The quantitative estimate of drug-likeness (QED) is 0.780. The van der Waals surface area contributed by atoms with Crippen LogP contribution in [0.3, 0.4) is 0 Å². The average molecular weight is 220 g/mol. The van der Waals surface area contributed by atoms with Crippen LogP contribution in [0.25, 0.3) is 0 Å². The van der Waals surface area contributed by atoms with Gasteiger partial charge in [0.2, 0.25) is 0 Å². The highest BCUT2D eigenvalue weighted by Gasteiger charge is 2.24. The first kappa shape index (κ1) is 11.2. The standard InChI is InChI=1S/C13H20N2O/c1-9(2)12-7-11(16-10-5-6-10)8-13(14-12)15(3)4/h7-10H,5-6H2,1-4H3. The number of aromatic nitrogens is 1. The molecule has 0 aromatic carbocycles. The lowest BCUT2D eigenvalue weighted by atomic mass is 10.1. The zero-order chi connectivity index (χ0) is 11.7. The number of rotatable bonds is 4. The van der Waals surface area contributed by atoms with Gasteiger partial charge in [-0.05, 0) is 18.8 Å². The number of hydrogen-bond donors (Lipinski definition) is 0. The first-order valence-corrected chi connectivity index (χ1v) is 5.92. The molecule has 1 heterocycles. The van der Waals surface area contributed by atoms with Crippen LogP contribution in [-0.2, 0) is 0 Å². The van der Waals surface area contributed by atoms with Crippen molar-refractivity contribution in [3.05, 3.63) is 17.8 Å². The lowest BCUT2D eigenvalue weighted by Gasteiger charge is -2.16. The molecule has 16 heavy (non-hydrogen) atoms. The summed E-state index contributed by atoms with van der Waals surface area (Å²) in [5.41, 5.74) is 1.10. The van der Waals surface area contributed by atoms with Crippen molar-refractivity contribution < 1.29 is 4.74 Å². The molecule has 0 radical (unpaired) electrons. The van der Waals surface area contributed by atoms with Crippen molar-refractivity contribution in [2.24, 2.45) is 0 Å². The van der Waals surface area contributed by atoms with Gasteiger partial charge in [-0.2, -0.15) is 0 Å². The van der Waals surface area contributed by atoms with Crippen LogP contribution in [0.4, 0.5) is 5.82 Å². The van der Waals surface area contributed by atoms with Crippen molar-refractivity contribution in [2.75, 3.05) is 19.0 Å². The van der Waals surface area contributed by atoms with Crippen LogP contribution in [0.5, 0.6) is 5.75 Å². The Labute approximate surface area is 97.4 Å². The fraction of sp³-hybridized carbons (Fsp3) is 0.615. The zero-order valence-electron chi connectivity index (χ0n) is 10.5. The van der Waals surface area contributed by atoms with Crippen LogP contribution in [0.15, 0.2) is 12.1 Å². The van der Waals surface area contributed by atoms with Gasteiger partial charge in [0.05, 0.1) is 6.10 Å². The van der Waals surface area contributed by atoms with Gasteiger partial charge in [-0.3, -0.25) is 0 Å². The first-order valence-electron chi connectivity index (χ1n) is 5.92. The molecule has 1 aliphatic carbocycles. The van der Waals surface area contributed by atoms with E-state index in [0.717, 1.165) is 17.3 Å². The van der Waals surface area contributed by atoms with Gasteiger partial charge in [-0.25, -0.2) is 4.98 Å². The summed E-state index contributed by atoms with van der Waals surface area (Å²) in [5, 5.41) is 0. The molecule has 0 amide bonds. The van der Waals surface area contributed by atoms with Crippen LogP contribution >= 0.6 is 0 Å². The number of anilines is 1. The Morgan fingerprint density at radius 2 is 2.00 bits per heavy atom. The molecule has 88 valence electrons. The van der Waals surface area contributed by atoms with Crippen molar-refractivity contribution in [3.8, 4) is 5.75 Å². The molecular formula is C13H20N2O. The van der Waals surface area contributed by atoms with Gasteiger partial charge in [0, 0.05) is 31.9 Å². The van der Waals surface area contributed by atoms with Crippen LogP contribution in [-0.4, -0.2) is 25.2 Å². The second-order valence-corrected chi connectivity index (χ2v) is 4.95. The minimum Gasteiger partial charge on any atom is -0.490 e. The van der Waals surface area contributed by atoms with E-state index in [1.807, 2.05) is 25.1 Å². The summed E-state index contributed by atoms with van der Waals surface area (Å²) in [6, 6.07) is 4.08. The maximum Gasteiger partial charge on any atom is 0.132 e. The normalized spacial score (nSPS) is 15.3. The second-order valence-electron chi connectivity index (χ2n) is 4.95. The highest BCUT2D eigenvalue weighted by molar-refractivity contribution is 5.44. The molecule has 0 bridgehead atoms. The van der Waals surface area contributed by atoms with Crippen molar-refractivity contribution in [1.29, 1.82) is 0 Å². The smallest absolute Gasteiger partial charge is 0.132 e. The molecule has 0 N–H and O–H groups in total. The maximum atomic E-state index is 5.84. The Hall–Kier alpha value is -1.25. The molecule has 0 spiro atoms. The van der Waals surface area contributed by atoms with E-state index in [1.165, 1.54) is 12.8 Å². The van der Waals surface area contributed by atoms with Gasteiger partial charge in [0.1, 0.15) is 11.6 Å². The summed E-state index contributed by atoms with van der Waals surface area (Å²) >= 11 is 0. The highest BCUT2D eigenvalue weighted by Crippen LogP contribution is 2.30. The molecule has 3 heteroatoms. The molecule has 0 saturated heterocycles. The van der Waals surface area contributed by atoms with E-state index >= 15 is 0 Å². The van der Waals surface area contributed by atoms with Gasteiger partial charge >= 0.3 is 0 Å². The predicted molar refractivity (Wildman–Crippen MR) is 66.3 cm³/mol. The zero-order valence-corrected chi connectivity index (χ0v) is 10.5. The SMILES string of the molecule is CC(C)c1cc(OC2CC2)cc(N(C)C)n1. The third kappa shape index (κ3) is 2.65. The van der Waals surface area contributed by atoms with E-state index < -0.39 is 0 Å². The minimum absolute atomic E-state index is 0.432. The van der Waals surface area contributed by atoms with Crippen LogP contribution in [0, 0.1) is 0 Å². The number of ether oxygens (including phenoxy) is 1. The average Bonchev–Trinajstić information content (AvgIpc) is 3.01. The molecule has 1 aromatic heterocycles. The summed E-state index contributed by atoms with van der Waals surface area (Å²) in [7, 11) is 4.01. The predicted octanol–water partition coefficient (Wildman–Crippen LogP) is 2.81. The van der Waals surface area contributed by atoms with E-state index in [-0.39, 0.29) is 0 Å². The fourth-order valence-electron chi connectivity index (χ4n) is 1.48. The van der Waals surface area contributed by atoms with Crippen molar-refractivity contribution in [2.45, 2.75) is 38.7 Å². The molecule has 2 rings (SSSR count). The summed E-state index contributed by atoms with van der Waals surface area (Å²) in [5.74, 6) is 2.37. The Morgan fingerprint density at radius 3 is 2.50 bits per heavy atom. The van der Waals surface area contributed by atoms with E-state index in [1.54, 1.807) is 0 Å². The molecule has 0 atom stereocenters. The molecule has 1 fully saturated rings. The summed E-state index contributed by atoms with van der Waals surface area (Å²) < 4.78 is 5.84. The summed E-state index contributed by atoms with van der Waals surface area (Å²) in [4.78, 5) is 6.63.